The molecule has 5 heteroatoms. The molecule has 0 aliphatic rings. The molecule has 0 saturated carbocycles. The topological polar surface area (TPSA) is 56.8 Å². The number of benzene rings is 1. The molecule has 0 spiro atoms. The van der Waals surface area contributed by atoms with Gasteiger partial charge in [-0.25, -0.2) is 0 Å². The number of carbonyl (C=O) groups excluding carboxylic acids is 1. The van der Waals surface area contributed by atoms with Crippen LogP contribution in [0.2, 0.25) is 0 Å². The van der Waals surface area contributed by atoms with Crippen molar-refractivity contribution in [3.63, 3.8) is 0 Å². The lowest BCUT2D eigenvalue weighted by atomic mass is 10.1. The van der Waals surface area contributed by atoms with Crippen LogP contribution in [0.5, 0.6) is 17.2 Å². The minimum atomic E-state index is 0.0360. The van der Waals surface area contributed by atoms with Crippen LogP contribution in [0, 0.1) is 0 Å². The van der Waals surface area contributed by atoms with E-state index in [2.05, 4.69) is 5.32 Å². The number of nitrogens with one attached hydrogen (secondary N) is 1. The summed E-state index contributed by atoms with van der Waals surface area (Å²) < 4.78 is 15.9. The van der Waals surface area contributed by atoms with E-state index in [0.717, 1.165) is 5.56 Å². The molecular weight excluding hydrogens is 246 g/mol. The summed E-state index contributed by atoms with van der Waals surface area (Å²) in [7, 11) is 4.78. The first-order chi connectivity index (χ1) is 9.15. The number of amides is 1. The number of hydrogen-bond acceptors (Lipinski definition) is 4. The van der Waals surface area contributed by atoms with E-state index in [1.54, 1.807) is 27.4 Å². The van der Waals surface area contributed by atoms with E-state index in [1.165, 1.54) is 0 Å². The van der Waals surface area contributed by atoms with Gasteiger partial charge in [0.1, 0.15) is 5.75 Å². The zero-order chi connectivity index (χ0) is 14.3. The maximum Gasteiger partial charge on any atom is 0.219 e. The van der Waals surface area contributed by atoms with Crippen LogP contribution in [0.3, 0.4) is 0 Å². The number of hydrogen-bond donors (Lipinski definition) is 1. The Hall–Kier alpha value is -1.91. The molecule has 0 aliphatic heterocycles. The number of carbonyl (C=O) groups is 1. The van der Waals surface area contributed by atoms with E-state index in [4.69, 9.17) is 14.2 Å². The maximum absolute atomic E-state index is 11.2. The van der Waals surface area contributed by atoms with Crippen LogP contribution in [0.4, 0.5) is 0 Å². The van der Waals surface area contributed by atoms with Crippen LogP contribution in [-0.4, -0.2) is 33.8 Å². The standard InChI is InChI=1S/C14H21NO4/c1-5-13(16)15-7-6-10-8-11(17-2)9-12(18-3)14(10)19-4/h8-9H,5-7H2,1-4H3,(H,15,16). The second-order valence-electron chi connectivity index (χ2n) is 3.98. The zero-order valence-electron chi connectivity index (χ0n) is 11.9. The summed E-state index contributed by atoms with van der Waals surface area (Å²) >= 11 is 0. The van der Waals surface area contributed by atoms with Gasteiger partial charge in [0, 0.05) is 24.6 Å². The largest absolute Gasteiger partial charge is 0.497 e. The minimum Gasteiger partial charge on any atom is -0.497 e. The Balaban J connectivity index is 2.87. The van der Waals surface area contributed by atoms with Gasteiger partial charge in [0.05, 0.1) is 21.3 Å². The molecule has 1 N–H and O–H groups in total. The Morgan fingerprint density at radius 1 is 1.16 bits per heavy atom. The first-order valence-corrected chi connectivity index (χ1v) is 6.21. The number of ether oxygens (including phenoxy) is 3. The molecule has 0 heterocycles. The van der Waals surface area contributed by atoms with Crippen molar-refractivity contribution < 1.29 is 19.0 Å². The predicted molar refractivity (Wildman–Crippen MR) is 73.1 cm³/mol. The van der Waals surface area contributed by atoms with E-state index in [-0.39, 0.29) is 5.91 Å². The molecule has 0 radical (unpaired) electrons. The fourth-order valence-corrected chi connectivity index (χ4v) is 1.78. The second kappa shape index (κ2) is 7.51. The number of methoxy groups -OCH3 is 3. The van der Waals surface area contributed by atoms with Crippen LogP contribution in [-0.2, 0) is 11.2 Å². The van der Waals surface area contributed by atoms with E-state index in [0.29, 0.717) is 36.6 Å². The molecule has 0 bridgehead atoms. The van der Waals surface area contributed by atoms with Gasteiger partial charge in [-0.3, -0.25) is 4.79 Å². The molecule has 1 amide bonds. The maximum atomic E-state index is 11.2. The van der Waals surface area contributed by atoms with E-state index >= 15 is 0 Å². The van der Waals surface area contributed by atoms with Crippen molar-refractivity contribution >= 4 is 5.91 Å². The van der Waals surface area contributed by atoms with Crippen LogP contribution < -0.4 is 19.5 Å². The van der Waals surface area contributed by atoms with Gasteiger partial charge < -0.3 is 19.5 Å². The smallest absolute Gasteiger partial charge is 0.219 e. The van der Waals surface area contributed by atoms with Gasteiger partial charge >= 0.3 is 0 Å². The SMILES string of the molecule is CCC(=O)NCCc1cc(OC)cc(OC)c1OC. The van der Waals surface area contributed by atoms with Gasteiger partial charge in [0.15, 0.2) is 11.5 Å². The molecule has 106 valence electrons. The van der Waals surface area contributed by atoms with E-state index < -0.39 is 0 Å². The van der Waals surface area contributed by atoms with Gasteiger partial charge in [0.25, 0.3) is 0 Å². The molecule has 0 unspecified atom stereocenters. The van der Waals surface area contributed by atoms with Crippen molar-refractivity contribution in [3.8, 4) is 17.2 Å². The lowest BCUT2D eigenvalue weighted by Crippen LogP contribution is -2.24. The molecule has 1 rings (SSSR count). The first-order valence-electron chi connectivity index (χ1n) is 6.21. The highest BCUT2D eigenvalue weighted by Gasteiger charge is 2.12. The third-order valence-electron chi connectivity index (χ3n) is 2.80. The summed E-state index contributed by atoms with van der Waals surface area (Å²) in [5, 5.41) is 2.83. The third-order valence-corrected chi connectivity index (χ3v) is 2.80. The molecule has 0 aromatic heterocycles. The van der Waals surface area contributed by atoms with E-state index in [9.17, 15) is 4.79 Å². The van der Waals surface area contributed by atoms with Crippen molar-refractivity contribution in [2.24, 2.45) is 0 Å². The zero-order valence-corrected chi connectivity index (χ0v) is 11.9. The molecule has 0 aliphatic carbocycles. The van der Waals surface area contributed by atoms with Crippen molar-refractivity contribution in [2.45, 2.75) is 19.8 Å². The van der Waals surface area contributed by atoms with Crippen LogP contribution >= 0.6 is 0 Å². The fraction of sp³-hybridized carbons (Fsp3) is 0.500. The highest BCUT2D eigenvalue weighted by molar-refractivity contribution is 5.75. The van der Waals surface area contributed by atoms with Gasteiger partial charge in [-0.05, 0) is 12.5 Å². The molecule has 1 aromatic rings. The molecular formula is C14H21NO4. The normalized spacial score (nSPS) is 9.89. The highest BCUT2D eigenvalue weighted by Crippen LogP contribution is 2.35. The van der Waals surface area contributed by atoms with Crippen LogP contribution in [0.15, 0.2) is 12.1 Å². The second-order valence-corrected chi connectivity index (χ2v) is 3.98. The predicted octanol–water partition coefficient (Wildman–Crippen LogP) is 1.78. The van der Waals surface area contributed by atoms with Gasteiger partial charge in [0.2, 0.25) is 5.91 Å². The highest BCUT2D eigenvalue weighted by atomic mass is 16.5. The Bertz CT molecular complexity index is 432. The Kier molecular flexibility index (Phi) is 5.99. The fourth-order valence-electron chi connectivity index (χ4n) is 1.78. The average Bonchev–Trinajstić information content (AvgIpc) is 2.45. The molecule has 0 fully saturated rings. The summed E-state index contributed by atoms with van der Waals surface area (Å²) in [6.45, 7) is 2.38. The monoisotopic (exact) mass is 267 g/mol. The van der Waals surface area contributed by atoms with Crippen molar-refractivity contribution in [3.05, 3.63) is 17.7 Å². The van der Waals surface area contributed by atoms with Crippen molar-refractivity contribution in [1.82, 2.24) is 5.32 Å². The summed E-state index contributed by atoms with van der Waals surface area (Å²) in [6.07, 6.45) is 1.14. The first kappa shape index (κ1) is 15.1. The van der Waals surface area contributed by atoms with E-state index in [1.807, 2.05) is 13.0 Å². The molecule has 0 atom stereocenters. The third kappa shape index (κ3) is 4.05. The van der Waals surface area contributed by atoms with Crippen LogP contribution in [0.25, 0.3) is 0 Å². The van der Waals surface area contributed by atoms with Crippen LogP contribution in [0.1, 0.15) is 18.9 Å². The summed E-state index contributed by atoms with van der Waals surface area (Å²) in [5.74, 6) is 2.04. The summed E-state index contributed by atoms with van der Waals surface area (Å²) in [4.78, 5) is 11.2. The summed E-state index contributed by atoms with van der Waals surface area (Å²) in [5.41, 5.74) is 0.940. The molecule has 1 aromatic carbocycles. The molecule has 19 heavy (non-hydrogen) atoms. The molecule has 5 nitrogen and oxygen atoms in total. The lowest BCUT2D eigenvalue weighted by Gasteiger charge is -2.15. The summed E-state index contributed by atoms with van der Waals surface area (Å²) in [6, 6.07) is 3.66. The quantitative estimate of drug-likeness (QED) is 0.818. The van der Waals surface area contributed by atoms with Gasteiger partial charge in [-0.2, -0.15) is 0 Å². The van der Waals surface area contributed by atoms with Gasteiger partial charge in [-0.1, -0.05) is 6.92 Å². The van der Waals surface area contributed by atoms with Gasteiger partial charge in [-0.15, -0.1) is 0 Å². The Morgan fingerprint density at radius 2 is 1.89 bits per heavy atom. The Morgan fingerprint density at radius 3 is 2.42 bits per heavy atom. The lowest BCUT2D eigenvalue weighted by molar-refractivity contribution is -0.120. The molecule has 0 saturated heterocycles. The average molecular weight is 267 g/mol. The minimum absolute atomic E-state index is 0.0360. The van der Waals surface area contributed by atoms with Crippen molar-refractivity contribution in [1.29, 1.82) is 0 Å². The number of rotatable bonds is 7. The Labute approximate surface area is 113 Å². The van der Waals surface area contributed by atoms with Crippen molar-refractivity contribution in [2.75, 3.05) is 27.9 Å².